The Balaban J connectivity index is 2.28. The molecule has 0 aliphatic rings. The molecule has 2 rings (SSSR count). The third-order valence-corrected chi connectivity index (χ3v) is 2.11. The molecule has 0 fully saturated rings. The molecule has 5 heteroatoms. The highest BCUT2D eigenvalue weighted by Crippen LogP contribution is 2.07. The minimum Gasteiger partial charge on any atom is -0.481 e. The van der Waals surface area contributed by atoms with Gasteiger partial charge >= 0.3 is 5.97 Å². The molecule has 0 radical (unpaired) electrons. The molecule has 0 unspecified atom stereocenters. The Morgan fingerprint density at radius 3 is 3.00 bits per heavy atom. The maximum atomic E-state index is 10.5. The molecular weight excluding hydrogens is 206 g/mol. The van der Waals surface area contributed by atoms with E-state index in [1.807, 2.05) is 25.1 Å². The third-order valence-electron chi connectivity index (χ3n) is 2.11. The van der Waals surface area contributed by atoms with E-state index < -0.39 is 5.97 Å². The van der Waals surface area contributed by atoms with Gasteiger partial charge in [-0.25, -0.2) is 9.97 Å². The number of aliphatic carboxylic acids is 1. The van der Waals surface area contributed by atoms with E-state index in [0.29, 0.717) is 5.69 Å². The van der Waals surface area contributed by atoms with Gasteiger partial charge in [-0.3, -0.25) is 9.36 Å². The average molecular weight is 217 g/mol. The van der Waals surface area contributed by atoms with E-state index in [1.165, 1.54) is 0 Å². The van der Waals surface area contributed by atoms with Crippen LogP contribution in [0.2, 0.25) is 0 Å². The summed E-state index contributed by atoms with van der Waals surface area (Å²) in [6.45, 7) is 1.90. The number of pyridine rings is 1. The van der Waals surface area contributed by atoms with Gasteiger partial charge in [0.1, 0.15) is 12.1 Å². The van der Waals surface area contributed by atoms with Crippen molar-refractivity contribution >= 4 is 5.97 Å². The number of aryl methyl sites for hydroxylation is 1. The van der Waals surface area contributed by atoms with Gasteiger partial charge in [-0.1, -0.05) is 6.07 Å². The normalized spacial score (nSPS) is 10.3. The standard InChI is InChI=1S/C11H11N3O2/c1-8-3-2-4-10(13-8)14-6-9(12-7-14)5-11(15)16/h2-4,6-7H,5H2,1H3,(H,15,16). The topological polar surface area (TPSA) is 68.0 Å². The first kappa shape index (κ1) is 10.4. The Morgan fingerprint density at radius 1 is 1.50 bits per heavy atom. The summed E-state index contributed by atoms with van der Waals surface area (Å²) in [5.74, 6) is -0.147. The number of carboxylic acid groups (broad SMARTS) is 1. The van der Waals surface area contributed by atoms with Crippen LogP contribution in [0.3, 0.4) is 0 Å². The van der Waals surface area contributed by atoms with E-state index in [-0.39, 0.29) is 6.42 Å². The molecule has 82 valence electrons. The fourth-order valence-electron chi connectivity index (χ4n) is 1.41. The number of carbonyl (C=O) groups is 1. The zero-order valence-electron chi connectivity index (χ0n) is 8.79. The predicted octanol–water partition coefficient (Wildman–Crippen LogP) is 1.20. The van der Waals surface area contributed by atoms with Crippen LogP contribution in [0.15, 0.2) is 30.7 Å². The van der Waals surface area contributed by atoms with Crippen LogP contribution in [-0.4, -0.2) is 25.6 Å². The summed E-state index contributed by atoms with van der Waals surface area (Å²) in [7, 11) is 0. The van der Waals surface area contributed by atoms with Gasteiger partial charge in [-0.2, -0.15) is 0 Å². The second-order valence-corrected chi connectivity index (χ2v) is 3.48. The largest absolute Gasteiger partial charge is 0.481 e. The Kier molecular flexibility index (Phi) is 2.68. The van der Waals surface area contributed by atoms with Gasteiger partial charge in [0.2, 0.25) is 0 Å². The minimum atomic E-state index is -0.887. The van der Waals surface area contributed by atoms with Crippen LogP contribution in [0.5, 0.6) is 0 Å². The third kappa shape index (κ3) is 2.25. The van der Waals surface area contributed by atoms with Crippen molar-refractivity contribution in [2.24, 2.45) is 0 Å². The molecule has 2 aromatic rings. The van der Waals surface area contributed by atoms with E-state index >= 15 is 0 Å². The number of imidazole rings is 1. The van der Waals surface area contributed by atoms with Crippen molar-refractivity contribution in [2.45, 2.75) is 13.3 Å². The number of nitrogens with zero attached hydrogens (tertiary/aromatic N) is 3. The molecule has 5 nitrogen and oxygen atoms in total. The summed E-state index contributed by atoms with van der Waals surface area (Å²) in [5, 5.41) is 8.63. The zero-order chi connectivity index (χ0) is 11.5. The molecule has 0 saturated heterocycles. The van der Waals surface area contributed by atoms with Crippen molar-refractivity contribution in [2.75, 3.05) is 0 Å². The lowest BCUT2D eigenvalue weighted by atomic mass is 10.3. The SMILES string of the molecule is Cc1cccc(-n2cnc(CC(=O)O)c2)n1. The Morgan fingerprint density at radius 2 is 2.31 bits per heavy atom. The highest BCUT2D eigenvalue weighted by atomic mass is 16.4. The van der Waals surface area contributed by atoms with Crippen molar-refractivity contribution in [3.05, 3.63) is 42.1 Å². The van der Waals surface area contributed by atoms with Crippen molar-refractivity contribution in [3.8, 4) is 5.82 Å². The lowest BCUT2D eigenvalue weighted by Gasteiger charge is -2.00. The fourth-order valence-corrected chi connectivity index (χ4v) is 1.41. The lowest BCUT2D eigenvalue weighted by Crippen LogP contribution is -2.00. The average Bonchev–Trinajstić information content (AvgIpc) is 2.65. The first-order valence-electron chi connectivity index (χ1n) is 4.84. The van der Waals surface area contributed by atoms with Crippen LogP contribution in [0.25, 0.3) is 5.82 Å². The number of hydrogen-bond acceptors (Lipinski definition) is 3. The van der Waals surface area contributed by atoms with Gasteiger partial charge < -0.3 is 5.11 Å². The molecule has 2 heterocycles. The van der Waals surface area contributed by atoms with Crippen LogP contribution < -0.4 is 0 Å². The summed E-state index contributed by atoms with van der Waals surface area (Å²) >= 11 is 0. The van der Waals surface area contributed by atoms with E-state index in [0.717, 1.165) is 11.5 Å². The van der Waals surface area contributed by atoms with Crippen LogP contribution >= 0.6 is 0 Å². The minimum absolute atomic E-state index is 0.0706. The molecule has 16 heavy (non-hydrogen) atoms. The van der Waals surface area contributed by atoms with Crippen LogP contribution in [0, 0.1) is 6.92 Å². The molecule has 0 saturated carbocycles. The van der Waals surface area contributed by atoms with Crippen molar-refractivity contribution in [1.82, 2.24) is 14.5 Å². The monoisotopic (exact) mass is 217 g/mol. The summed E-state index contributed by atoms with van der Waals surface area (Å²) in [4.78, 5) is 18.8. The molecule has 0 atom stereocenters. The van der Waals surface area contributed by atoms with Crippen LogP contribution in [0.1, 0.15) is 11.4 Å². The number of carboxylic acids is 1. The molecule has 0 aromatic carbocycles. The number of rotatable bonds is 3. The Labute approximate surface area is 92.4 Å². The van der Waals surface area contributed by atoms with Gasteiger partial charge in [-0.15, -0.1) is 0 Å². The van der Waals surface area contributed by atoms with E-state index in [1.54, 1.807) is 17.1 Å². The number of hydrogen-bond donors (Lipinski definition) is 1. The van der Waals surface area contributed by atoms with Gasteiger partial charge in [0.15, 0.2) is 0 Å². The number of aromatic nitrogens is 3. The van der Waals surface area contributed by atoms with Gasteiger partial charge in [-0.05, 0) is 19.1 Å². The summed E-state index contributed by atoms with van der Waals surface area (Å²) in [5.41, 5.74) is 1.43. The second kappa shape index (κ2) is 4.14. The second-order valence-electron chi connectivity index (χ2n) is 3.48. The first-order chi connectivity index (χ1) is 7.65. The lowest BCUT2D eigenvalue weighted by molar-refractivity contribution is -0.136. The maximum Gasteiger partial charge on any atom is 0.309 e. The summed E-state index contributed by atoms with van der Waals surface area (Å²) in [6, 6.07) is 5.65. The van der Waals surface area contributed by atoms with Gasteiger partial charge in [0.05, 0.1) is 12.1 Å². The smallest absolute Gasteiger partial charge is 0.309 e. The molecule has 2 aromatic heterocycles. The zero-order valence-corrected chi connectivity index (χ0v) is 8.79. The molecule has 0 spiro atoms. The van der Waals surface area contributed by atoms with E-state index in [2.05, 4.69) is 9.97 Å². The summed E-state index contributed by atoms with van der Waals surface area (Å²) in [6.07, 6.45) is 3.18. The highest BCUT2D eigenvalue weighted by Gasteiger charge is 2.05. The molecule has 0 bridgehead atoms. The fraction of sp³-hybridized carbons (Fsp3) is 0.182. The molecule has 0 amide bonds. The van der Waals surface area contributed by atoms with Crippen LogP contribution in [0.4, 0.5) is 0 Å². The molecule has 1 N–H and O–H groups in total. The van der Waals surface area contributed by atoms with E-state index in [4.69, 9.17) is 5.11 Å². The molecule has 0 aliphatic carbocycles. The van der Waals surface area contributed by atoms with Crippen molar-refractivity contribution in [3.63, 3.8) is 0 Å². The van der Waals surface area contributed by atoms with Crippen molar-refractivity contribution in [1.29, 1.82) is 0 Å². The Bertz CT molecular complexity index is 519. The maximum absolute atomic E-state index is 10.5. The summed E-state index contributed by atoms with van der Waals surface area (Å²) < 4.78 is 1.71. The van der Waals surface area contributed by atoms with Crippen LogP contribution in [-0.2, 0) is 11.2 Å². The highest BCUT2D eigenvalue weighted by molar-refractivity contribution is 5.69. The quantitative estimate of drug-likeness (QED) is 0.838. The van der Waals surface area contributed by atoms with Gasteiger partial charge in [0, 0.05) is 11.9 Å². The van der Waals surface area contributed by atoms with Crippen molar-refractivity contribution < 1.29 is 9.90 Å². The Hall–Kier alpha value is -2.17. The van der Waals surface area contributed by atoms with E-state index in [9.17, 15) is 4.79 Å². The van der Waals surface area contributed by atoms with Gasteiger partial charge in [0.25, 0.3) is 0 Å². The molecule has 0 aliphatic heterocycles. The molecular formula is C11H11N3O2. The first-order valence-corrected chi connectivity index (χ1v) is 4.84. The predicted molar refractivity (Wildman–Crippen MR) is 57.4 cm³/mol.